The molecule has 1 aromatic carbocycles. The van der Waals surface area contributed by atoms with Crippen LogP contribution in [0.4, 0.5) is 11.5 Å². The van der Waals surface area contributed by atoms with Gasteiger partial charge in [-0.1, -0.05) is 6.07 Å². The third-order valence-corrected chi connectivity index (χ3v) is 3.82. The van der Waals surface area contributed by atoms with Gasteiger partial charge < -0.3 is 25.2 Å². The first-order valence-corrected chi connectivity index (χ1v) is 7.13. The summed E-state index contributed by atoms with van der Waals surface area (Å²) < 4.78 is 5.31. The van der Waals surface area contributed by atoms with Crippen LogP contribution in [0.15, 0.2) is 36.5 Å². The van der Waals surface area contributed by atoms with E-state index in [1.165, 1.54) is 13.2 Å². The number of rotatable bonds is 5. The van der Waals surface area contributed by atoms with Crippen molar-refractivity contribution in [3.8, 4) is 5.75 Å². The molecule has 0 saturated carbocycles. The minimum absolute atomic E-state index is 0.0775. The summed E-state index contributed by atoms with van der Waals surface area (Å²) in [5, 5.41) is 21.8. The summed E-state index contributed by atoms with van der Waals surface area (Å²) in [6.07, 6.45) is 1.40. The molecule has 0 fully saturated rings. The number of hydrogen-bond acceptors (Lipinski definition) is 6. The van der Waals surface area contributed by atoms with Gasteiger partial charge in [-0.25, -0.2) is 9.78 Å². The highest BCUT2D eigenvalue weighted by Crippen LogP contribution is 2.34. The molecule has 7 heteroatoms. The third kappa shape index (κ3) is 2.78. The zero-order chi connectivity index (χ0) is 16.4. The number of carbonyl (C=O) groups is 1. The molecule has 1 aliphatic rings. The molecular formula is C16H17N3O4. The fraction of sp³-hybridized carbons (Fsp3) is 0.250. The van der Waals surface area contributed by atoms with Crippen molar-refractivity contribution in [1.82, 2.24) is 4.98 Å². The maximum absolute atomic E-state index is 11.1. The molecule has 0 amide bonds. The number of fused-ring (bicyclic) bond motifs is 1. The zero-order valence-electron chi connectivity index (χ0n) is 12.6. The Morgan fingerprint density at radius 2 is 2.26 bits per heavy atom. The zero-order valence-corrected chi connectivity index (χ0v) is 12.6. The van der Waals surface area contributed by atoms with Gasteiger partial charge in [0.25, 0.3) is 0 Å². The van der Waals surface area contributed by atoms with E-state index >= 15 is 0 Å². The number of hydrogen-bond donors (Lipinski definition) is 3. The van der Waals surface area contributed by atoms with E-state index in [9.17, 15) is 9.90 Å². The number of nitrogens with zero attached hydrogens (tertiary/aromatic N) is 2. The molecule has 2 aromatic rings. The molecule has 7 nitrogen and oxygen atoms in total. The predicted molar refractivity (Wildman–Crippen MR) is 84.9 cm³/mol. The van der Waals surface area contributed by atoms with E-state index < -0.39 is 5.97 Å². The van der Waals surface area contributed by atoms with Gasteiger partial charge in [-0.15, -0.1) is 0 Å². The molecule has 3 rings (SSSR count). The molecule has 0 spiro atoms. The van der Waals surface area contributed by atoms with Crippen LogP contribution >= 0.6 is 0 Å². The molecule has 0 radical (unpaired) electrons. The first kappa shape index (κ1) is 15.1. The molecule has 3 N–H and O–H groups in total. The number of carboxylic acids is 1. The van der Waals surface area contributed by atoms with Crippen molar-refractivity contribution in [2.24, 2.45) is 0 Å². The van der Waals surface area contributed by atoms with Gasteiger partial charge in [-0.05, 0) is 24.3 Å². The summed E-state index contributed by atoms with van der Waals surface area (Å²) in [6, 6.07) is 8.52. The van der Waals surface area contributed by atoms with Crippen molar-refractivity contribution < 1.29 is 19.7 Å². The van der Waals surface area contributed by atoms with Gasteiger partial charge in [0, 0.05) is 18.3 Å². The molecule has 23 heavy (non-hydrogen) atoms. The normalized spacial score (nSPS) is 15.9. The van der Waals surface area contributed by atoms with Gasteiger partial charge in [-0.3, -0.25) is 0 Å². The molecule has 1 unspecified atom stereocenters. The molecule has 0 aliphatic carbocycles. The smallest absolute Gasteiger partial charge is 0.335 e. The SMILES string of the molecule is COc1cc(C(=O)O)ccc1CN1c2cccnc2NC1CO. The average molecular weight is 315 g/mol. The van der Waals surface area contributed by atoms with Gasteiger partial charge >= 0.3 is 5.97 Å². The van der Waals surface area contributed by atoms with Gasteiger partial charge in [0.05, 0.1) is 25.0 Å². The minimum atomic E-state index is -1.000. The predicted octanol–water partition coefficient (Wildman–Crippen LogP) is 1.54. The standard InChI is InChI=1S/C16H17N3O4/c1-23-13-7-10(16(21)22)4-5-11(13)8-19-12-3-2-6-17-15(12)18-14(19)9-20/h2-7,14,20H,8-9H2,1H3,(H,17,18)(H,21,22). The first-order valence-electron chi connectivity index (χ1n) is 7.13. The topological polar surface area (TPSA) is 94.9 Å². The number of aromatic carboxylic acids is 1. The highest BCUT2D eigenvalue weighted by atomic mass is 16.5. The van der Waals surface area contributed by atoms with Gasteiger partial charge in [0.1, 0.15) is 11.9 Å². The molecule has 2 heterocycles. The lowest BCUT2D eigenvalue weighted by atomic mass is 10.1. The summed E-state index contributed by atoms with van der Waals surface area (Å²) in [5.41, 5.74) is 1.89. The highest BCUT2D eigenvalue weighted by molar-refractivity contribution is 5.88. The van der Waals surface area contributed by atoms with Crippen molar-refractivity contribution in [1.29, 1.82) is 0 Å². The number of aromatic nitrogens is 1. The maximum atomic E-state index is 11.1. The van der Waals surface area contributed by atoms with E-state index in [-0.39, 0.29) is 18.3 Å². The minimum Gasteiger partial charge on any atom is -0.496 e. The second-order valence-electron chi connectivity index (χ2n) is 5.17. The van der Waals surface area contributed by atoms with Crippen LogP contribution in [0.1, 0.15) is 15.9 Å². The van der Waals surface area contributed by atoms with E-state index in [0.29, 0.717) is 18.1 Å². The van der Waals surface area contributed by atoms with E-state index in [1.807, 2.05) is 17.0 Å². The van der Waals surface area contributed by atoms with Crippen LogP contribution in [0.2, 0.25) is 0 Å². The lowest BCUT2D eigenvalue weighted by molar-refractivity contribution is 0.0696. The Balaban J connectivity index is 1.93. The van der Waals surface area contributed by atoms with E-state index in [4.69, 9.17) is 9.84 Å². The highest BCUT2D eigenvalue weighted by Gasteiger charge is 2.29. The number of aliphatic hydroxyl groups excluding tert-OH is 1. The van der Waals surface area contributed by atoms with Gasteiger partial charge in [-0.2, -0.15) is 0 Å². The summed E-state index contributed by atoms with van der Waals surface area (Å²) >= 11 is 0. The van der Waals surface area contributed by atoms with Crippen LogP contribution in [-0.4, -0.2) is 41.0 Å². The lowest BCUT2D eigenvalue weighted by Gasteiger charge is -2.26. The van der Waals surface area contributed by atoms with Gasteiger partial charge in [0.2, 0.25) is 0 Å². The Bertz CT molecular complexity index is 735. The summed E-state index contributed by atoms with van der Waals surface area (Å²) in [7, 11) is 1.51. The van der Waals surface area contributed by atoms with Crippen LogP contribution in [0, 0.1) is 0 Å². The number of carboxylic acid groups (broad SMARTS) is 1. The molecule has 0 bridgehead atoms. The maximum Gasteiger partial charge on any atom is 0.335 e. The fourth-order valence-corrected chi connectivity index (χ4v) is 2.67. The second kappa shape index (κ2) is 6.13. The summed E-state index contributed by atoms with van der Waals surface area (Å²) in [5.74, 6) is 0.215. The van der Waals surface area contributed by atoms with E-state index in [1.54, 1.807) is 18.3 Å². The number of aliphatic hydroxyl groups is 1. The van der Waals surface area contributed by atoms with Crippen LogP contribution in [0.3, 0.4) is 0 Å². The first-order chi connectivity index (χ1) is 11.1. The fourth-order valence-electron chi connectivity index (χ4n) is 2.67. The largest absolute Gasteiger partial charge is 0.496 e. The van der Waals surface area contributed by atoms with Crippen molar-refractivity contribution in [3.63, 3.8) is 0 Å². The van der Waals surface area contributed by atoms with Crippen molar-refractivity contribution in [3.05, 3.63) is 47.7 Å². The number of anilines is 2. The van der Waals surface area contributed by atoms with E-state index in [2.05, 4.69) is 10.3 Å². The monoisotopic (exact) mass is 315 g/mol. The second-order valence-corrected chi connectivity index (χ2v) is 5.17. The molecule has 120 valence electrons. The summed E-state index contributed by atoms with van der Waals surface area (Å²) in [6.45, 7) is 0.381. The Morgan fingerprint density at radius 1 is 1.43 bits per heavy atom. The number of methoxy groups -OCH3 is 1. The van der Waals surface area contributed by atoms with Crippen molar-refractivity contribution in [2.45, 2.75) is 12.7 Å². The van der Waals surface area contributed by atoms with Crippen molar-refractivity contribution in [2.75, 3.05) is 23.9 Å². The number of pyridine rings is 1. The van der Waals surface area contributed by atoms with E-state index in [0.717, 1.165) is 11.3 Å². The number of benzene rings is 1. The third-order valence-electron chi connectivity index (χ3n) is 3.82. The number of nitrogens with one attached hydrogen (secondary N) is 1. The quantitative estimate of drug-likeness (QED) is 0.770. The summed E-state index contributed by atoms with van der Waals surface area (Å²) in [4.78, 5) is 17.3. The molecule has 0 saturated heterocycles. The van der Waals surface area contributed by atoms with Crippen molar-refractivity contribution >= 4 is 17.5 Å². The molecule has 1 aromatic heterocycles. The Morgan fingerprint density at radius 3 is 2.96 bits per heavy atom. The van der Waals surface area contributed by atoms with Gasteiger partial charge in [0.15, 0.2) is 5.82 Å². The lowest BCUT2D eigenvalue weighted by Crippen LogP contribution is -2.38. The molecule has 1 atom stereocenters. The van der Waals surface area contributed by atoms with Crippen LogP contribution in [0.25, 0.3) is 0 Å². The Labute approximate surface area is 133 Å². The number of ether oxygens (including phenoxy) is 1. The average Bonchev–Trinajstić information content (AvgIpc) is 2.93. The molecule has 1 aliphatic heterocycles. The van der Waals surface area contributed by atoms with Crippen LogP contribution < -0.4 is 15.0 Å². The Kier molecular flexibility index (Phi) is 4.03. The van der Waals surface area contributed by atoms with Crippen LogP contribution in [-0.2, 0) is 6.54 Å². The molecular weight excluding hydrogens is 298 g/mol. The Hall–Kier alpha value is -2.80. The van der Waals surface area contributed by atoms with Crippen LogP contribution in [0.5, 0.6) is 5.75 Å².